The Morgan fingerprint density at radius 3 is 2.66 bits per heavy atom. The largest absolute Gasteiger partial charge is 0.436 e. The van der Waals surface area contributed by atoms with Gasteiger partial charge >= 0.3 is 12.2 Å². The predicted molar refractivity (Wildman–Crippen MR) is 104 cm³/mol. The molecule has 3 aromatic rings. The lowest BCUT2D eigenvalue weighted by atomic mass is 9.60. The Morgan fingerprint density at radius 1 is 1.28 bits per heavy atom. The van der Waals surface area contributed by atoms with Gasteiger partial charge in [0.25, 0.3) is 5.91 Å². The van der Waals surface area contributed by atoms with Gasteiger partial charge in [-0.05, 0) is 12.8 Å². The highest BCUT2D eigenvalue weighted by atomic mass is 19.4. The minimum absolute atomic E-state index is 0.0367. The number of imidazole rings is 1. The van der Waals surface area contributed by atoms with Crippen molar-refractivity contribution in [2.45, 2.75) is 25.1 Å². The van der Waals surface area contributed by atoms with Crippen molar-refractivity contribution in [1.82, 2.24) is 29.1 Å². The van der Waals surface area contributed by atoms with Crippen LogP contribution in [0.25, 0.3) is 5.65 Å². The lowest BCUT2D eigenvalue weighted by Crippen LogP contribution is -2.67. The number of hydrogen-bond acceptors (Lipinski definition) is 5. The maximum Gasteiger partial charge on any atom is 0.436 e. The smallest absolute Gasteiger partial charge is 0.338 e. The third kappa shape index (κ3) is 3.19. The number of carbonyl (C=O) groups is 2. The summed E-state index contributed by atoms with van der Waals surface area (Å²) in [6, 6.07) is -0.00919. The summed E-state index contributed by atoms with van der Waals surface area (Å²) in [5.74, 6) is -0.440. The van der Waals surface area contributed by atoms with Crippen LogP contribution in [0, 0.1) is 5.41 Å². The number of aryl methyl sites for hydroxylation is 1. The predicted octanol–water partition coefficient (Wildman–Crippen LogP) is 2.45. The van der Waals surface area contributed by atoms with E-state index >= 15 is 0 Å². The average Bonchev–Trinajstić information content (AvgIpc) is 3.36. The molecule has 0 radical (unpaired) electrons. The van der Waals surface area contributed by atoms with Crippen molar-refractivity contribution < 1.29 is 27.3 Å². The van der Waals surface area contributed by atoms with Crippen LogP contribution >= 0.6 is 0 Å². The number of nitrogens with zero attached hydrogens (tertiary/aromatic N) is 6. The molecule has 13 heteroatoms. The highest BCUT2D eigenvalue weighted by Crippen LogP contribution is 2.50. The molecule has 0 unspecified atom stereocenters. The van der Waals surface area contributed by atoms with E-state index in [0.717, 1.165) is 5.65 Å². The highest BCUT2D eigenvalue weighted by Gasteiger charge is 2.55. The molecule has 1 saturated carbocycles. The molecular formula is C19H20F3N7O3. The van der Waals surface area contributed by atoms with Gasteiger partial charge in [-0.3, -0.25) is 10.1 Å². The third-order valence-electron chi connectivity index (χ3n) is 6.34. The Balaban J connectivity index is 1.14. The van der Waals surface area contributed by atoms with Gasteiger partial charge in [0.15, 0.2) is 5.69 Å². The number of anilines is 1. The number of alkyl halides is 3. The normalized spacial score (nSPS) is 18.0. The lowest BCUT2D eigenvalue weighted by Gasteiger charge is -2.60. The molecular weight excluding hydrogens is 431 g/mol. The SMILES string of the molecule is CN(C(=O)Nc1cc(C(F)(F)F)no1)C1CC2(C1)CN(C(=O)c1cnn3ccn(C)c13)C2. The van der Waals surface area contributed by atoms with E-state index in [1.54, 1.807) is 28.9 Å². The summed E-state index contributed by atoms with van der Waals surface area (Å²) in [5.41, 5.74) is 0.0404. The molecule has 10 nitrogen and oxygen atoms in total. The van der Waals surface area contributed by atoms with Crippen molar-refractivity contribution in [3.05, 3.63) is 35.9 Å². The lowest BCUT2D eigenvalue weighted by molar-refractivity contribution is -0.142. The molecule has 4 heterocycles. The summed E-state index contributed by atoms with van der Waals surface area (Å²) in [4.78, 5) is 28.4. The molecule has 1 spiro atoms. The molecule has 2 fully saturated rings. The van der Waals surface area contributed by atoms with Gasteiger partial charge in [-0.2, -0.15) is 18.3 Å². The minimum Gasteiger partial charge on any atom is -0.338 e. The van der Waals surface area contributed by atoms with Gasteiger partial charge in [0.1, 0.15) is 11.2 Å². The Kier molecular flexibility index (Phi) is 4.30. The van der Waals surface area contributed by atoms with Crippen molar-refractivity contribution >= 4 is 23.5 Å². The fraction of sp³-hybridized carbons (Fsp3) is 0.474. The molecule has 3 amide bonds. The van der Waals surface area contributed by atoms with E-state index in [1.807, 2.05) is 17.8 Å². The Hall–Kier alpha value is -3.51. The topological polar surface area (TPSA) is 101 Å². The number of urea groups is 1. The van der Waals surface area contributed by atoms with E-state index in [1.165, 1.54) is 4.90 Å². The number of nitrogens with one attached hydrogen (secondary N) is 1. The highest BCUT2D eigenvalue weighted by molar-refractivity contribution is 6.00. The third-order valence-corrected chi connectivity index (χ3v) is 6.34. The first-order valence-electron chi connectivity index (χ1n) is 9.92. The van der Waals surface area contributed by atoms with Crippen molar-refractivity contribution in [2.75, 3.05) is 25.5 Å². The van der Waals surface area contributed by atoms with E-state index in [0.29, 0.717) is 37.6 Å². The quantitative estimate of drug-likeness (QED) is 0.659. The van der Waals surface area contributed by atoms with Gasteiger partial charge in [-0.1, -0.05) is 5.16 Å². The van der Waals surface area contributed by atoms with Crippen molar-refractivity contribution in [3.63, 3.8) is 0 Å². The average molecular weight is 451 g/mol. The summed E-state index contributed by atoms with van der Waals surface area (Å²) >= 11 is 0. The monoisotopic (exact) mass is 451 g/mol. The second-order valence-electron chi connectivity index (χ2n) is 8.57. The molecule has 0 aromatic carbocycles. The molecule has 32 heavy (non-hydrogen) atoms. The van der Waals surface area contributed by atoms with Crippen molar-refractivity contribution in [3.8, 4) is 0 Å². The van der Waals surface area contributed by atoms with E-state index < -0.39 is 17.9 Å². The van der Waals surface area contributed by atoms with Crippen LogP contribution in [0.15, 0.2) is 29.2 Å². The van der Waals surface area contributed by atoms with E-state index in [4.69, 9.17) is 0 Å². The summed E-state index contributed by atoms with van der Waals surface area (Å²) in [6.07, 6.45) is 1.95. The van der Waals surface area contributed by atoms with Crippen molar-refractivity contribution in [2.24, 2.45) is 12.5 Å². The van der Waals surface area contributed by atoms with Crippen LogP contribution in [0.3, 0.4) is 0 Å². The van der Waals surface area contributed by atoms with Crippen LogP contribution in [0.5, 0.6) is 0 Å². The van der Waals surface area contributed by atoms with Crippen LogP contribution in [0.2, 0.25) is 0 Å². The van der Waals surface area contributed by atoms with Gasteiger partial charge in [-0.25, -0.2) is 9.31 Å². The summed E-state index contributed by atoms with van der Waals surface area (Å²) < 4.78 is 45.8. The number of hydrogen-bond donors (Lipinski definition) is 1. The number of fused-ring (bicyclic) bond motifs is 1. The molecule has 1 N–H and O–H groups in total. The Labute approximate surface area is 179 Å². The zero-order valence-corrected chi connectivity index (χ0v) is 17.3. The molecule has 0 bridgehead atoms. The second kappa shape index (κ2) is 6.74. The van der Waals surface area contributed by atoms with E-state index in [2.05, 4.69) is 20.1 Å². The number of rotatable bonds is 3. The Morgan fingerprint density at radius 2 is 2.00 bits per heavy atom. The number of carbonyl (C=O) groups excluding carboxylic acids is 2. The molecule has 1 saturated heterocycles. The first kappa shape index (κ1) is 20.4. The van der Waals surface area contributed by atoms with Crippen LogP contribution in [0.4, 0.5) is 23.8 Å². The van der Waals surface area contributed by atoms with Gasteiger partial charge in [0, 0.05) is 57.1 Å². The van der Waals surface area contributed by atoms with Crippen LogP contribution in [-0.4, -0.2) is 67.3 Å². The molecule has 1 aliphatic heterocycles. The molecule has 5 rings (SSSR count). The summed E-state index contributed by atoms with van der Waals surface area (Å²) in [6.45, 7) is 1.19. The van der Waals surface area contributed by atoms with Crippen LogP contribution in [-0.2, 0) is 13.2 Å². The number of aromatic nitrogens is 4. The van der Waals surface area contributed by atoms with Gasteiger partial charge < -0.3 is 18.9 Å². The maximum atomic E-state index is 12.9. The molecule has 0 atom stereocenters. The van der Waals surface area contributed by atoms with Gasteiger partial charge in [-0.15, -0.1) is 0 Å². The summed E-state index contributed by atoms with van der Waals surface area (Å²) in [7, 11) is 3.43. The first-order valence-corrected chi connectivity index (χ1v) is 9.92. The maximum absolute atomic E-state index is 12.9. The minimum atomic E-state index is -4.64. The zero-order valence-electron chi connectivity index (χ0n) is 17.3. The second-order valence-corrected chi connectivity index (χ2v) is 8.57. The molecule has 170 valence electrons. The van der Waals surface area contributed by atoms with E-state index in [-0.39, 0.29) is 23.2 Å². The molecule has 2 aliphatic rings. The van der Waals surface area contributed by atoms with Gasteiger partial charge in [0.05, 0.1) is 6.20 Å². The first-order chi connectivity index (χ1) is 15.1. The van der Waals surface area contributed by atoms with E-state index in [9.17, 15) is 22.8 Å². The molecule has 1 aliphatic carbocycles. The number of amides is 3. The van der Waals surface area contributed by atoms with Gasteiger partial charge in [0.2, 0.25) is 5.88 Å². The molecule has 3 aromatic heterocycles. The summed E-state index contributed by atoms with van der Waals surface area (Å²) in [5, 5.41) is 9.41. The van der Waals surface area contributed by atoms with Crippen molar-refractivity contribution in [1.29, 1.82) is 0 Å². The number of likely N-dealkylation sites (tertiary alicyclic amines) is 1. The van der Waals surface area contributed by atoms with Crippen LogP contribution < -0.4 is 5.32 Å². The fourth-order valence-corrected chi connectivity index (χ4v) is 4.58. The number of halogens is 3. The zero-order chi connectivity index (χ0) is 22.8. The standard InChI is InChI=1S/C19H20F3N7O3/c1-26-3-4-29-15(26)12(8-23-29)16(30)28-9-18(10-28)6-11(7-18)27(2)17(31)24-14-5-13(25-32-14)19(20,21)22/h3-5,8,11H,6-7,9-10H2,1-2H3,(H,24,31). The fourth-order valence-electron chi connectivity index (χ4n) is 4.58. The Bertz CT molecular complexity index is 1200. The van der Waals surface area contributed by atoms with Crippen LogP contribution in [0.1, 0.15) is 28.9 Å².